The topological polar surface area (TPSA) is 47.6 Å². The molecular weight excluding hydrogens is 219 g/mol. The van der Waals surface area contributed by atoms with Crippen LogP contribution >= 0.6 is 22.6 Å². The van der Waals surface area contributed by atoms with Gasteiger partial charge in [-0.2, -0.15) is 0 Å². The number of hydrogen-bond donors (Lipinski definition) is 1. The van der Waals surface area contributed by atoms with Crippen LogP contribution in [-0.2, 0) is 4.74 Å². The molecule has 0 aromatic heterocycles. The first kappa shape index (κ1) is 5.87. The van der Waals surface area contributed by atoms with Gasteiger partial charge in [0.15, 0.2) is 6.73 Å². The predicted molar refractivity (Wildman–Crippen MR) is 39.7 cm³/mol. The zero-order valence-corrected chi connectivity index (χ0v) is 6.25. The first-order valence-corrected chi connectivity index (χ1v) is 3.16. The monoisotopic (exact) mass is 224 g/mol. The van der Waals surface area contributed by atoms with Crippen molar-refractivity contribution >= 4 is 28.8 Å². The molecule has 0 bridgehead atoms. The lowest BCUT2D eigenvalue weighted by Crippen LogP contribution is -2.09. The fraction of sp³-hybridized carbons (Fsp3) is 0.250. The number of halogens is 1. The Labute approximate surface area is 60.7 Å². The van der Waals surface area contributed by atoms with E-state index in [2.05, 4.69) is 27.6 Å². The van der Waals surface area contributed by atoms with Crippen LogP contribution in [0.2, 0.25) is 0 Å². The minimum absolute atomic E-state index is 0.359. The van der Waals surface area contributed by atoms with E-state index >= 15 is 0 Å². The normalized spacial score (nSPS) is 18.6. The van der Waals surface area contributed by atoms with E-state index in [1.54, 1.807) is 6.21 Å². The summed E-state index contributed by atoms with van der Waals surface area (Å²) >= 11 is 2.06. The molecule has 0 saturated heterocycles. The van der Waals surface area contributed by atoms with E-state index in [-0.39, 0.29) is 0 Å². The van der Waals surface area contributed by atoms with E-state index in [4.69, 9.17) is 10.5 Å². The van der Waals surface area contributed by atoms with Crippen LogP contribution in [0.3, 0.4) is 0 Å². The van der Waals surface area contributed by atoms with Crippen molar-refractivity contribution in [3.05, 3.63) is 9.46 Å². The fourth-order valence-electron chi connectivity index (χ4n) is 0.357. The van der Waals surface area contributed by atoms with Gasteiger partial charge in [0.25, 0.3) is 0 Å². The Balaban J connectivity index is 2.76. The van der Waals surface area contributed by atoms with E-state index in [1.807, 2.05) is 0 Å². The molecule has 0 atom stereocenters. The second-order valence-corrected chi connectivity index (χ2v) is 2.46. The molecule has 0 amide bonds. The number of ether oxygens (including phenoxy) is 1. The van der Waals surface area contributed by atoms with Gasteiger partial charge in [-0.05, 0) is 22.6 Å². The summed E-state index contributed by atoms with van der Waals surface area (Å²) in [6.07, 6.45) is 1.69. The van der Waals surface area contributed by atoms with Crippen LogP contribution in [0.15, 0.2) is 14.5 Å². The molecule has 1 rings (SSSR count). The molecule has 1 heterocycles. The Kier molecular flexibility index (Phi) is 1.72. The highest BCUT2D eigenvalue weighted by Crippen LogP contribution is 2.10. The maximum atomic E-state index is 5.34. The van der Waals surface area contributed by atoms with Crippen molar-refractivity contribution in [2.24, 2.45) is 10.7 Å². The van der Waals surface area contributed by atoms with Crippen LogP contribution < -0.4 is 5.73 Å². The molecule has 0 aromatic carbocycles. The van der Waals surface area contributed by atoms with Gasteiger partial charge in [-0.25, -0.2) is 0 Å². The highest BCUT2D eigenvalue weighted by Gasteiger charge is 2.00. The SMILES string of the molecule is NC1=C(I)C=NCO1. The summed E-state index contributed by atoms with van der Waals surface area (Å²) in [6, 6.07) is 0. The van der Waals surface area contributed by atoms with Crippen molar-refractivity contribution in [2.75, 3.05) is 6.73 Å². The lowest BCUT2D eigenvalue weighted by atomic mass is 10.6. The minimum Gasteiger partial charge on any atom is -0.456 e. The average molecular weight is 224 g/mol. The van der Waals surface area contributed by atoms with Gasteiger partial charge >= 0.3 is 0 Å². The van der Waals surface area contributed by atoms with Crippen molar-refractivity contribution in [2.45, 2.75) is 0 Å². The van der Waals surface area contributed by atoms with Crippen molar-refractivity contribution in [1.29, 1.82) is 0 Å². The number of aliphatic imine (C=N–C) groups is 1. The van der Waals surface area contributed by atoms with E-state index < -0.39 is 0 Å². The zero-order chi connectivity index (χ0) is 5.98. The maximum Gasteiger partial charge on any atom is 0.201 e. The van der Waals surface area contributed by atoms with Crippen molar-refractivity contribution in [1.82, 2.24) is 0 Å². The van der Waals surface area contributed by atoms with E-state index in [9.17, 15) is 0 Å². The van der Waals surface area contributed by atoms with E-state index in [1.165, 1.54) is 0 Å². The molecule has 4 heteroatoms. The number of allylic oxidation sites excluding steroid dienone is 1. The molecule has 2 N–H and O–H groups in total. The quantitative estimate of drug-likeness (QED) is 0.612. The van der Waals surface area contributed by atoms with Gasteiger partial charge < -0.3 is 10.5 Å². The first-order chi connectivity index (χ1) is 3.80. The zero-order valence-electron chi connectivity index (χ0n) is 4.10. The Morgan fingerprint density at radius 1 is 1.88 bits per heavy atom. The number of nitrogens with zero attached hydrogens (tertiary/aromatic N) is 1. The van der Waals surface area contributed by atoms with Crippen LogP contribution in [0.1, 0.15) is 0 Å². The summed E-state index contributed by atoms with van der Waals surface area (Å²) in [4.78, 5) is 3.82. The lowest BCUT2D eigenvalue weighted by molar-refractivity contribution is 0.216. The van der Waals surface area contributed by atoms with Crippen LogP contribution in [0.25, 0.3) is 0 Å². The first-order valence-electron chi connectivity index (χ1n) is 2.08. The van der Waals surface area contributed by atoms with Crippen LogP contribution in [0.5, 0.6) is 0 Å². The highest BCUT2D eigenvalue weighted by molar-refractivity contribution is 14.1. The standard InChI is InChI=1S/C4H5IN2O/c5-3-1-7-2-8-4(3)6/h1H,2,6H2. The molecule has 0 aliphatic carbocycles. The summed E-state index contributed by atoms with van der Waals surface area (Å²) in [5, 5.41) is 0. The van der Waals surface area contributed by atoms with E-state index in [0.717, 1.165) is 3.58 Å². The molecule has 1 aliphatic heterocycles. The second-order valence-electron chi connectivity index (χ2n) is 1.30. The Morgan fingerprint density at radius 2 is 2.62 bits per heavy atom. The summed E-state index contributed by atoms with van der Waals surface area (Å²) in [5.41, 5.74) is 5.34. The Morgan fingerprint density at radius 3 is 3.00 bits per heavy atom. The molecule has 0 radical (unpaired) electrons. The minimum atomic E-state index is 0.359. The number of hydrogen-bond acceptors (Lipinski definition) is 3. The molecule has 0 aromatic rings. The molecule has 3 nitrogen and oxygen atoms in total. The highest BCUT2D eigenvalue weighted by atomic mass is 127. The predicted octanol–water partition coefficient (Wildman–Crippen LogP) is 0.608. The van der Waals surface area contributed by atoms with Gasteiger partial charge in [0, 0.05) is 6.21 Å². The smallest absolute Gasteiger partial charge is 0.201 e. The largest absolute Gasteiger partial charge is 0.456 e. The second kappa shape index (κ2) is 2.34. The molecule has 0 fully saturated rings. The van der Waals surface area contributed by atoms with Gasteiger partial charge in [-0.3, -0.25) is 4.99 Å². The third-order valence-corrected chi connectivity index (χ3v) is 1.54. The molecule has 1 aliphatic rings. The number of rotatable bonds is 0. The summed E-state index contributed by atoms with van der Waals surface area (Å²) in [7, 11) is 0. The molecule has 0 unspecified atom stereocenters. The summed E-state index contributed by atoms with van der Waals surface area (Å²) in [6.45, 7) is 0.359. The Hall–Kier alpha value is -0.260. The molecule has 8 heavy (non-hydrogen) atoms. The number of nitrogens with two attached hydrogens (primary N) is 1. The van der Waals surface area contributed by atoms with Crippen LogP contribution in [0.4, 0.5) is 0 Å². The van der Waals surface area contributed by atoms with Crippen LogP contribution in [0, 0.1) is 0 Å². The Bertz CT molecular complexity index is 152. The summed E-state index contributed by atoms with van der Waals surface area (Å²) in [5.74, 6) is 0.473. The average Bonchev–Trinajstić information content (AvgIpc) is 1.77. The molecule has 0 saturated carbocycles. The van der Waals surface area contributed by atoms with Gasteiger partial charge in [-0.1, -0.05) is 0 Å². The van der Waals surface area contributed by atoms with Gasteiger partial charge in [0.05, 0.1) is 3.58 Å². The molecule has 0 spiro atoms. The molecule has 44 valence electrons. The summed E-state index contributed by atoms with van der Waals surface area (Å²) < 4.78 is 5.71. The lowest BCUT2D eigenvalue weighted by Gasteiger charge is -2.06. The van der Waals surface area contributed by atoms with E-state index in [0.29, 0.717) is 12.6 Å². The van der Waals surface area contributed by atoms with Crippen molar-refractivity contribution in [3.8, 4) is 0 Å². The van der Waals surface area contributed by atoms with Gasteiger partial charge in [0.2, 0.25) is 5.88 Å². The maximum absolute atomic E-state index is 5.34. The van der Waals surface area contributed by atoms with Crippen molar-refractivity contribution < 1.29 is 4.74 Å². The van der Waals surface area contributed by atoms with Crippen LogP contribution in [-0.4, -0.2) is 12.9 Å². The molecular formula is C4H5IN2O. The van der Waals surface area contributed by atoms with Crippen molar-refractivity contribution in [3.63, 3.8) is 0 Å². The van der Waals surface area contributed by atoms with Gasteiger partial charge in [-0.15, -0.1) is 0 Å². The third kappa shape index (κ3) is 1.12. The van der Waals surface area contributed by atoms with Gasteiger partial charge in [0.1, 0.15) is 0 Å². The fourth-order valence-corrected chi connectivity index (χ4v) is 0.709. The third-order valence-electron chi connectivity index (χ3n) is 0.735.